The van der Waals surface area contributed by atoms with E-state index >= 15 is 0 Å². The minimum atomic E-state index is -3.68. The van der Waals surface area contributed by atoms with Gasteiger partial charge in [-0.05, 0) is 22.9 Å². The molecule has 0 N–H and O–H groups in total. The molecule has 1 saturated heterocycles. The molecule has 0 aromatic heterocycles. The van der Waals surface area contributed by atoms with Gasteiger partial charge in [-0.25, -0.2) is 8.42 Å². The zero-order valence-corrected chi connectivity index (χ0v) is 12.1. The second-order valence-electron chi connectivity index (χ2n) is 4.84. The molecule has 1 aliphatic heterocycles. The summed E-state index contributed by atoms with van der Waals surface area (Å²) >= 11 is 0. The minimum absolute atomic E-state index is 0.114. The van der Waals surface area contributed by atoms with Crippen LogP contribution in [0.2, 0.25) is 0 Å². The minimum Gasteiger partial charge on any atom is -0.377 e. The molecule has 0 amide bonds. The zero-order valence-electron chi connectivity index (χ0n) is 11.3. The van der Waals surface area contributed by atoms with E-state index in [0.29, 0.717) is 6.61 Å². The molecule has 0 spiro atoms. The van der Waals surface area contributed by atoms with E-state index in [9.17, 15) is 8.42 Å². The summed E-state index contributed by atoms with van der Waals surface area (Å²) < 4.78 is 31.8. The van der Waals surface area contributed by atoms with Gasteiger partial charge < -0.3 is 4.74 Å². The Morgan fingerprint density at radius 3 is 2.71 bits per heavy atom. The topological polar surface area (TPSA) is 70.4 Å². The maximum atomic E-state index is 12.7. The Balaban J connectivity index is 2.05. The first-order chi connectivity index (χ1) is 10.1. The Morgan fingerprint density at radius 1 is 1.19 bits per heavy atom. The molecule has 2 aromatic rings. The van der Waals surface area contributed by atoms with Crippen LogP contribution in [-0.2, 0) is 14.8 Å². The average molecular weight is 302 g/mol. The van der Waals surface area contributed by atoms with Crippen molar-refractivity contribution in [2.24, 2.45) is 0 Å². The highest BCUT2D eigenvalue weighted by Crippen LogP contribution is 2.24. The van der Waals surface area contributed by atoms with Gasteiger partial charge in [-0.1, -0.05) is 30.3 Å². The Bertz CT molecular complexity index is 811. The van der Waals surface area contributed by atoms with Crippen LogP contribution in [0.3, 0.4) is 0 Å². The maximum Gasteiger partial charge on any atom is 0.244 e. The van der Waals surface area contributed by atoms with Crippen molar-refractivity contribution in [3.8, 4) is 6.07 Å². The van der Waals surface area contributed by atoms with Crippen molar-refractivity contribution in [3.05, 3.63) is 42.5 Å². The van der Waals surface area contributed by atoms with E-state index < -0.39 is 16.1 Å². The quantitative estimate of drug-likeness (QED) is 0.847. The highest BCUT2D eigenvalue weighted by Gasteiger charge is 2.34. The third-order valence-corrected chi connectivity index (χ3v) is 5.46. The summed E-state index contributed by atoms with van der Waals surface area (Å²) in [5, 5.41) is 11.0. The maximum absolute atomic E-state index is 12.7. The number of nitriles is 1. The number of sulfonamides is 1. The van der Waals surface area contributed by atoms with E-state index in [0.717, 1.165) is 10.8 Å². The molecule has 0 bridgehead atoms. The molecule has 21 heavy (non-hydrogen) atoms. The van der Waals surface area contributed by atoms with Gasteiger partial charge in [0.2, 0.25) is 10.0 Å². The first-order valence-corrected chi connectivity index (χ1v) is 8.05. The van der Waals surface area contributed by atoms with Crippen molar-refractivity contribution in [3.63, 3.8) is 0 Å². The fraction of sp³-hybridized carbons (Fsp3) is 0.267. The number of nitrogens with zero attached hydrogens (tertiary/aromatic N) is 2. The number of ether oxygens (including phenoxy) is 1. The summed E-state index contributed by atoms with van der Waals surface area (Å²) in [5.74, 6) is 0. The molecule has 3 rings (SSSR count). The smallest absolute Gasteiger partial charge is 0.244 e. The fourth-order valence-corrected chi connectivity index (χ4v) is 3.99. The van der Waals surface area contributed by atoms with E-state index in [-0.39, 0.29) is 18.0 Å². The third-order valence-electron chi connectivity index (χ3n) is 3.56. The summed E-state index contributed by atoms with van der Waals surface area (Å²) in [4.78, 5) is 0.211. The van der Waals surface area contributed by atoms with Crippen molar-refractivity contribution in [2.75, 3.05) is 19.8 Å². The highest BCUT2D eigenvalue weighted by atomic mass is 32.2. The Labute approximate surface area is 123 Å². The molecule has 1 fully saturated rings. The molecule has 108 valence electrons. The van der Waals surface area contributed by atoms with Crippen LogP contribution in [0.5, 0.6) is 0 Å². The lowest BCUT2D eigenvalue weighted by Gasteiger charge is -2.30. The van der Waals surface area contributed by atoms with Crippen LogP contribution in [0.4, 0.5) is 0 Å². The number of rotatable bonds is 2. The van der Waals surface area contributed by atoms with Crippen LogP contribution in [0, 0.1) is 11.3 Å². The van der Waals surface area contributed by atoms with Crippen molar-refractivity contribution in [1.29, 1.82) is 5.26 Å². The predicted molar refractivity (Wildman–Crippen MR) is 78.1 cm³/mol. The average Bonchev–Trinajstić information content (AvgIpc) is 2.54. The molecular weight excluding hydrogens is 288 g/mol. The van der Waals surface area contributed by atoms with Crippen LogP contribution in [0.25, 0.3) is 10.8 Å². The lowest BCUT2D eigenvalue weighted by Crippen LogP contribution is -2.47. The third kappa shape index (κ3) is 2.51. The van der Waals surface area contributed by atoms with E-state index in [2.05, 4.69) is 0 Å². The lowest BCUT2D eigenvalue weighted by atomic mass is 10.1. The molecule has 0 radical (unpaired) electrons. The molecule has 0 unspecified atom stereocenters. The van der Waals surface area contributed by atoms with E-state index in [4.69, 9.17) is 10.00 Å². The summed E-state index contributed by atoms with van der Waals surface area (Å²) in [6.45, 7) is 0.627. The number of morpholine rings is 1. The van der Waals surface area contributed by atoms with Gasteiger partial charge in [-0.15, -0.1) is 0 Å². The Kier molecular flexibility index (Phi) is 3.64. The lowest BCUT2D eigenvalue weighted by molar-refractivity contribution is 0.0511. The van der Waals surface area contributed by atoms with Gasteiger partial charge in [0.05, 0.1) is 24.2 Å². The van der Waals surface area contributed by atoms with Gasteiger partial charge in [0.15, 0.2) is 0 Å². The van der Waals surface area contributed by atoms with Crippen LogP contribution in [-0.4, -0.2) is 38.5 Å². The van der Waals surface area contributed by atoms with Crippen molar-refractivity contribution in [1.82, 2.24) is 4.31 Å². The number of benzene rings is 2. The van der Waals surface area contributed by atoms with Crippen LogP contribution in [0.1, 0.15) is 0 Å². The van der Waals surface area contributed by atoms with Gasteiger partial charge in [0.1, 0.15) is 6.04 Å². The molecule has 0 aliphatic carbocycles. The van der Waals surface area contributed by atoms with Gasteiger partial charge in [0, 0.05) is 6.54 Å². The summed E-state index contributed by atoms with van der Waals surface area (Å²) in [7, 11) is -3.68. The number of hydrogen-bond acceptors (Lipinski definition) is 4. The molecule has 1 atom stereocenters. The first kappa shape index (κ1) is 14.0. The first-order valence-electron chi connectivity index (χ1n) is 6.61. The largest absolute Gasteiger partial charge is 0.377 e. The van der Waals surface area contributed by atoms with Crippen molar-refractivity contribution >= 4 is 20.8 Å². The molecule has 6 heteroatoms. The second kappa shape index (κ2) is 5.45. The molecule has 1 heterocycles. The number of hydrogen-bond donors (Lipinski definition) is 0. The molecular formula is C15H14N2O3S. The van der Waals surface area contributed by atoms with E-state index in [1.807, 2.05) is 30.3 Å². The second-order valence-corrected chi connectivity index (χ2v) is 6.74. The van der Waals surface area contributed by atoms with Crippen molar-refractivity contribution < 1.29 is 13.2 Å². The van der Waals surface area contributed by atoms with Crippen LogP contribution < -0.4 is 0 Å². The summed E-state index contributed by atoms with van der Waals surface area (Å²) in [5.41, 5.74) is 0. The standard InChI is InChI=1S/C15H14N2O3S/c16-10-14-11-20-8-7-17(14)21(18,19)15-6-5-12-3-1-2-4-13(12)9-15/h1-6,9,14H,7-8,11H2/t14-/m1/s1. The normalized spacial score (nSPS) is 20.2. The predicted octanol–water partition coefficient (Wildman–Crippen LogP) is 1.75. The van der Waals surface area contributed by atoms with Crippen LogP contribution in [0.15, 0.2) is 47.4 Å². The summed E-state index contributed by atoms with van der Waals surface area (Å²) in [6, 6.07) is 13.8. The van der Waals surface area contributed by atoms with Crippen molar-refractivity contribution in [2.45, 2.75) is 10.9 Å². The zero-order chi connectivity index (χ0) is 14.9. The molecule has 2 aromatic carbocycles. The highest BCUT2D eigenvalue weighted by molar-refractivity contribution is 7.89. The van der Waals surface area contributed by atoms with Gasteiger partial charge in [-0.3, -0.25) is 0 Å². The molecule has 1 aliphatic rings. The SMILES string of the molecule is N#C[C@@H]1COCCN1S(=O)(=O)c1ccc2ccccc2c1. The Hall–Kier alpha value is -1.94. The Morgan fingerprint density at radius 2 is 1.95 bits per heavy atom. The number of fused-ring (bicyclic) bond motifs is 1. The van der Waals surface area contributed by atoms with Gasteiger partial charge in [0.25, 0.3) is 0 Å². The monoisotopic (exact) mass is 302 g/mol. The summed E-state index contributed by atoms with van der Waals surface area (Å²) in [6.07, 6.45) is 0. The molecule has 5 nitrogen and oxygen atoms in total. The van der Waals surface area contributed by atoms with E-state index in [1.165, 1.54) is 4.31 Å². The molecule has 0 saturated carbocycles. The van der Waals surface area contributed by atoms with Gasteiger partial charge in [-0.2, -0.15) is 9.57 Å². The van der Waals surface area contributed by atoms with Crippen LogP contribution >= 0.6 is 0 Å². The van der Waals surface area contributed by atoms with Gasteiger partial charge >= 0.3 is 0 Å². The van der Waals surface area contributed by atoms with E-state index in [1.54, 1.807) is 18.2 Å². The fourth-order valence-electron chi connectivity index (χ4n) is 2.44.